The van der Waals surface area contributed by atoms with Gasteiger partial charge in [-0.3, -0.25) is 5.32 Å². The molecule has 6 nitrogen and oxygen atoms in total. The van der Waals surface area contributed by atoms with Gasteiger partial charge >= 0.3 is 12.1 Å². The lowest BCUT2D eigenvalue weighted by Crippen LogP contribution is -2.21. The number of amides is 1. The van der Waals surface area contributed by atoms with Crippen LogP contribution in [-0.4, -0.2) is 19.2 Å². The molecule has 4 rings (SSSR count). The Morgan fingerprint density at radius 2 is 1.60 bits per heavy atom. The predicted octanol–water partition coefficient (Wildman–Crippen LogP) is 6.95. The molecule has 182 valence electrons. The van der Waals surface area contributed by atoms with Crippen molar-refractivity contribution >= 4 is 17.7 Å². The molecule has 0 saturated carbocycles. The summed E-state index contributed by atoms with van der Waals surface area (Å²) in [6.07, 6.45) is -1.34. The first-order chi connectivity index (χ1) is 16.8. The zero-order chi connectivity index (χ0) is 25.1. The van der Waals surface area contributed by atoms with E-state index in [-0.39, 0.29) is 11.8 Å². The Balaban J connectivity index is 1.74. The predicted molar refractivity (Wildman–Crippen MR) is 135 cm³/mol. The van der Waals surface area contributed by atoms with Gasteiger partial charge in [0, 0.05) is 11.1 Å². The third-order valence-corrected chi connectivity index (χ3v) is 6.26. The van der Waals surface area contributed by atoms with Gasteiger partial charge in [-0.05, 0) is 46.7 Å². The van der Waals surface area contributed by atoms with E-state index >= 15 is 0 Å². The number of esters is 1. The average molecular weight is 474 g/mol. The number of rotatable bonds is 5. The van der Waals surface area contributed by atoms with Crippen LogP contribution in [0.15, 0.2) is 60.7 Å². The van der Waals surface area contributed by atoms with E-state index in [0.717, 1.165) is 27.9 Å². The molecule has 1 amide bonds. The van der Waals surface area contributed by atoms with E-state index in [4.69, 9.17) is 14.2 Å². The van der Waals surface area contributed by atoms with Crippen LogP contribution in [0.5, 0.6) is 5.75 Å². The fraction of sp³-hybridized carbons (Fsp3) is 0.310. The fourth-order valence-corrected chi connectivity index (χ4v) is 4.43. The van der Waals surface area contributed by atoms with E-state index in [0.29, 0.717) is 23.5 Å². The zero-order valence-corrected chi connectivity index (χ0v) is 20.8. The second kappa shape index (κ2) is 10.2. The van der Waals surface area contributed by atoms with Crippen LogP contribution in [0.4, 0.5) is 10.5 Å². The maximum atomic E-state index is 13.4. The molecule has 0 radical (unpaired) electrons. The minimum atomic E-state index is -0.762. The normalized spacial score (nSPS) is 14.4. The van der Waals surface area contributed by atoms with Crippen molar-refractivity contribution in [3.05, 3.63) is 94.0 Å². The van der Waals surface area contributed by atoms with Gasteiger partial charge < -0.3 is 14.2 Å². The number of hydrogen-bond donors (Lipinski definition) is 1. The third-order valence-electron chi connectivity index (χ3n) is 6.26. The lowest BCUT2D eigenvalue weighted by Gasteiger charge is -2.23. The van der Waals surface area contributed by atoms with Crippen molar-refractivity contribution in [1.29, 1.82) is 0 Å². The van der Waals surface area contributed by atoms with Gasteiger partial charge in [0.05, 0.1) is 18.4 Å². The Morgan fingerprint density at radius 3 is 2.26 bits per heavy atom. The number of anilines is 1. The van der Waals surface area contributed by atoms with E-state index in [2.05, 4.69) is 33.0 Å². The quantitative estimate of drug-likeness (QED) is 0.406. The van der Waals surface area contributed by atoms with Crippen LogP contribution in [0, 0.1) is 0 Å². The van der Waals surface area contributed by atoms with Gasteiger partial charge in [-0.25, -0.2) is 9.59 Å². The van der Waals surface area contributed by atoms with Gasteiger partial charge in [-0.2, -0.15) is 0 Å². The molecule has 0 saturated heterocycles. The van der Waals surface area contributed by atoms with Crippen molar-refractivity contribution < 1.29 is 23.8 Å². The van der Waals surface area contributed by atoms with Gasteiger partial charge in [0.25, 0.3) is 0 Å². The number of benzene rings is 3. The summed E-state index contributed by atoms with van der Waals surface area (Å²) in [5, 5.41) is 3.03. The van der Waals surface area contributed by atoms with Gasteiger partial charge in [0.2, 0.25) is 0 Å². The molecule has 0 bridgehead atoms. The van der Waals surface area contributed by atoms with Gasteiger partial charge in [0.15, 0.2) is 6.10 Å². The molecule has 0 fully saturated rings. The number of ether oxygens (including phenoxy) is 3. The molecular formula is C29H31NO5. The number of carbonyl (C=O) groups is 2. The summed E-state index contributed by atoms with van der Waals surface area (Å²) in [5.74, 6) is 0.525. The minimum Gasteiger partial charge on any atom is -0.488 e. The lowest BCUT2D eigenvalue weighted by atomic mass is 9.93. The fourth-order valence-electron chi connectivity index (χ4n) is 4.43. The Kier molecular flexibility index (Phi) is 7.10. The van der Waals surface area contributed by atoms with Gasteiger partial charge in [-0.15, -0.1) is 0 Å². The first-order valence-corrected chi connectivity index (χ1v) is 11.8. The number of para-hydroxylation sites is 1. The average Bonchev–Trinajstić information content (AvgIpc) is 3.00. The summed E-state index contributed by atoms with van der Waals surface area (Å²) in [6.45, 7) is 8.72. The first-order valence-electron chi connectivity index (χ1n) is 11.8. The second-order valence-electron chi connectivity index (χ2n) is 9.26. The summed E-state index contributed by atoms with van der Waals surface area (Å²) < 4.78 is 17.0. The highest BCUT2D eigenvalue weighted by molar-refractivity contribution is 5.90. The van der Waals surface area contributed by atoms with Gasteiger partial charge in [0.1, 0.15) is 12.4 Å². The summed E-state index contributed by atoms with van der Waals surface area (Å²) in [4.78, 5) is 25.6. The monoisotopic (exact) mass is 473 g/mol. The van der Waals surface area contributed by atoms with Crippen LogP contribution in [0.3, 0.4) is 0 Å². The molecule has 1 N–H and O–H groups in total. The number of fused-ring (bicyclic) bond motifs is 2. The molecular weight excluding hydrogens is 442 g/mol. The standard InChI is InChI=1S/C29H31NO5/c1-17(2)21-11-8-12-22(18(3)4)26(21)30-29(32)35-27-23-10-7-6-9-20(23)16-34-25-14-13-19(15-24(25)27)28(31)33-5/h6-15,17-18,27H,16H2,1-5H3,(H,30,32). The van der Waals surface area contributed by atoms with Crippen LogP contribution in [-0.2, 0) is 16.1 Å². The second-order valence-corrected chi connectivity index (χ2v) is 9.26. The number of nitrogens with one attached hydrogen (secondary N) is 1. The highest BCUT2D eigenvalue weighted by Gasteiger charge is 2.30. The number of hydrogen-bond acceptors (Lipinski definition) is 5. The Morgan fingerprint density at radius 1 is 0.914 bits per heavy atom. The SMILES string of the molecule is COC(=O)c1ccc2c(c1)C(OC(=O)Nc1c(C(C)C)cccc1C(C)C)c1ccccc1CO2. The molecule has 6 heteroatoms. The van der Waals surface area contributed by atoms with Crippen molar-refractivity contribution in [3.63, 3.8) is 0 Å². The van der Waals surface area contributed by atoms with Crippen LogP contribution >= 0.6 is 0 Å². The van der Waals surface area contributed by atoms with Crippen LogP contribution in [0.1, 0.15) is 83.8 Å². The van der Waals surface area contributed by atoms with Crippen LogP contribution in [0.2, 0.25) is 0 Å². The molecule has 0 spiro atoms. The van der Waals surface area contributed by atoms with E-state index in [1.807, 2.05) is 42.5 Å². The highest BCUT2D eigenvalue weighted by atomic mass is 16.6. The number of carbonyl (C=O) groups excluding carboxylic acids is 2. The number of methoxy groups -OCH3 is 1. The van der Waals surface area contributed by atoms with E-state index < -0.39 is 18.2 Å². The molecule has 1 atom stereocenters. The third kappa shape index (κ3) is 5.02. The van der Waals surface area contributed by atoms with Crippen LogP contribution < -0.4 is 10.1 Å². The van der Waals surface area contributed by atoms with Crippen molar-refractivity contribution in [2.45, 2.75) is 52.2 Å². The van der Waals surface area contributed by atoms with Gasteiger partial charge in [-0.1, -0.05) is 70.2 Å². The van der Waals surface area contributed by atoms with Crippen molar-refractivity contribution in [2.75, 3.05) is 12.4 Å². The summed E-state index contributed by atoms with van der Waals surface area (Å²) in [6, 6.07) is 18.8. The molecule has 0 aliphatic carbocycles. The molecule has 3 aromatic carbocycles. The largest absolute Gasteiger partial charge is 0.488 e. The molecule has 1 aliphatic heterocycles. The zero-order valence-electron chi connectivity index (χ0n) is 20.8. The smallest absolute Gasteiger partial charge is 0.412 e. The molecule has 1 unspecified atom stereocenters. The Hall–Kier alpha value is -3.80. The van der Waals surface area contributed by atoms with Crippen molar-refractivity contribution in [1.82, 2.24) is 0 Å². The molecule has 1 aliphatic rings. The topological polar surface area (TPSA) is 73.9 Å². The van der Waals surface area contributed by atoms with Crippen molar-refractivity contribution in [2.24, 2.45) is 0 Å². The molecule has 0 aromatic heterocycles. The first kappa shape index (κ1) is 24.3. The highest BCUT2D eigenvalue weighted by Crippen LogP contribution is 2.40. The molecule has 3 aromatic rings. The van der Waals surface area contributed by atoms with Crippen LogP contribution in [0.25, 0.3) is 0 Å². The Bertz CT molecular complexity index is 1220. The minimum absolute atomic E-state index is 0.222. The lowest BCUT2D eigenvalue weighted by molar-refractivity contribution is 0.0600. The Labute approximate surface area is 206 Å². The maximum absolute atomic E-state index is 13.4. The van der Waals surface area contributed by atoms with E-state index in [1.165, 1.54) is 7.11 Å². The summed E-state index contributed by atoms with van der Waals surface area (Å²) in [5.41, 5.74) is 5.54. The maximum Gasteiger partial charge on any atom is 0.412 e. The molecule has 35 heavy (non-hydrogen) atoms. The van der Waals surface area contributed by atoms with Crippen molar-refractivity contribution in [3.8, 4) is 5.75 Å². The molecule has 1 heterocycles. The summed E-state index contributed by atoms with van der Waals surface area (Å²) in [7, 11) is 1.33. The summed E-state index contributed by atoms with van der Waals surface area (Å²) >= 11 is 0. The van der Waals surface area contributed by atoms with E-state index in [9.17, 15) is 9.59 Å². The van der Waals surface area contributed by atoms with E-state index in [1.54, 1.807) is 18.2 Å².